The van der Waals surface area contributed by atoms with Gasteiger partial charge in [-0.15, -0.1) is 0 Å². The second-order valence-electron chi connectivity index (χ2n) is 4.32. The summed E-state index contributed by atoms with van der Waals surface area (Å²) in [6.07, 6.45) is 3.43. The van der Waals surface area contributed by atoms with Crippen LogP contribution in [0, 0.1) is 0 Å². The van der Waals surface area contributed by atoms with Crippen molar-refractivity contribution < 1.29 is 13.2 Å². The second kappa shape index (κ2) is 7.38. The lowest BCUT2D eigenvalue weighted by Crippen LogP contribution is -2.16. The molecule has 1 aromatic carbocycles. The van der Waals surface area contributed by atoms with Gasteiger partial charge in [0.2, 0.25) is 10.0 Å². The van der Waals surface area contributed by atoms with Gasteiger partial charge in [0.1, 0.15) is 5.75 Å². The lowest BCUT2D eigenvalue weighted by atomic mass is 10.1. The topological polar surface area (TPSA) is 69.4 Å². The van der Waals surface area contributed by atoms with E-state index in [1.807, 2.05) is 12.1 Å². The number of primary sulfonamides is 1. The van der Waals surface area contributed by atoms with Crippen molar-refractivity contribution in [3.63, 3.8) is 0 Å². The maximum atomic E-state index is 10.7. The average molecular weight is 271 g/mol. The van der Waals surface area contributed by atoms with Crippen LogP contribution in [0.3, 0.4) is 0 Å². The summed E-state index contributed by atoms with van der Waals surface area (Å²) in [6, 6.07) is 8.02. The first-order chi connectivity index (χ1) is 8.51. The zero-order chi connectivity index (χ0) is 13.4. The number of hydrogen-bond acceptors (Lipinski definition) is 3. The summed E-state index contributed by atoms with van der Waals surface area (Å²) < 4.78 is 26.9. The Balaban J connectivity index is 2.23. The zero-order valence-electron chi connectivity index (χ0n) is 10.8. The Morgan fingerprint density at radius 3 is 2.39 bits per heavy atom. The zero-order valence-corrected chi connectivity index (χ0v) is 11.6. The number of sulfonamides is 1. The summed E-state index contributed by atoms with van der Waals surface area (Å²) >= 11 is 0. The Labute approximate surface area is 109 Å². The van der Waals surface area contributed by atoms with E-state index in [0.717, 1.165) is 18.6 Å². The average Bonchev–Trinajstić information content (AvgIpc) is 2.30. The minimum absolute atomic E-state index is 0.0196. The monoisotopic (exact) mass is 271 g/mol. The molecule has 0 amide bonds. The molecule has 1 rings (SSSR count). The molecule has 0 aliphatic carbocycles. The molecule has 0 saturated carbocycles. The fourth-order valence-electron chi connectivity index (χ4n) is 1.64. The third-order valence-electron chi connectivity index (χ3n) is 2.55. The molecule has 0 aromatic heterocycles. The van der Waals surface area contributed by atoms with Gasteiger partial charge < -0.3 is 4.74 Å². The van der Waals surface area contributed by atoms with Gasteiger partial charge in [-0.1, -0.05) is 25.5 Å². The van der Waals surface area contributed by atoms with Crippen molar-refractivity contribution >= 4 is 10.0 Å². The van der Waals surface area contributed by atoms with Gasteiger partial charge in [-0.25, -0.2) is 13.6 Å². The predicted molar refractivity (Wildman–Crippen MR) is 73.1 cm³/mol. The summed E-state index contributed by atoms with van der Waals surface area (Å²) in [4.78, 5) is 0. The Bertz CT molecular complexity index is 440. The fourth-order valence-corrected chi connectivity index (χ4v) is 2.24. The number of hydrogen-bond donors (Lipinski definition) is 1. The van der Waals surface area contributed by atoms with Crippen LogP contribution in [0.15, 0.2) is 24.3 Å². The SMILES string of the molecule is CCCc1ccc(OCCCCS(N)(=O)=O)cc1. The summed E-state index contributed by atoms with van der Waals surface area (Å²) in [5, 5.41) is 4.91. The van der Waals surface area contributed by atoms with Crippen LogP contribution in [0.2, 0.25) is 0 Å². The highest BCUT2D eigenvalue weighted by atomic mass is 32.2. The number of nitrogens with two attached hydrogens (primary N) is 1. The molecule has 4 nitrogen and oxygen atoms in total. The summed E-state index contributed by atoms with van der Waals surface area (Å²) in [7, 11) is -3.34. The first-order valence-electron chi connectivity index (χ1n) is 6.23. The van der Waals surface area contributed by atoms with E-state index in [1.54, 1.807) is 0 Å². The molecule has 1 aromatic rings. The van der Waals surface area contributed by atoms with E-state index in [9.17, 15) is 8.42 Å². The molecule has 0 aliphatic rings. The third-order valence-corrected chi connectivity index (χ3v) is 3.41. The Morgan fingerprint density at radius 2 is 1.83 bits per heavy atom. The molecule has 0 saturated heterocycles. The fraction of sp³-hybridized carbons (Fsp3) is 0.538. The first kappa shape index (κ1) is 15.0. The normalized spacial score (nSPS) is 11.4. The lowest BCUT2D eigenvalue weighted by Gasteiger charge is -2.06. The highest BCUT2D eigenvalue weighted by molar-refractivity contribution is 7.89. The predicted octanol–water partition coefficient (Wildman–Crippen LogP) is 2.09. The van der Waals surface area contributed by atoms with Crippen LogP contribution >= 0.6 is 0 Å². The second-order valence-corrected chi connectivity index (χ2v) is 6.05. The van der Waals surface area contributed by atoms with Gasteiger partial charge in [0.25, 0.3) is 0 Å². The maximum Gasteiger partial charge on any atom is 0.209 e. The van der Waals surface area contributed by atoms with Crippen molar-refractivity contribution in [1.29, 1.82) is 0 Å². The van der Waals surface area contributed by atoms with E-state index in [2.05, 4.69) is 19.1 Å². The number of unbranched alkanes of at least 4 members (excludes halogenated alkanes) is 1. The standard InChI is InChI=1S/C13H21NO3S/c1-2-5-12-6-8-13(9-7-12)17-10-3-4-11-18(14,15)16/h6-9H,2-5,10-11H2,1H3,(H2,14,15,16). The molecule has 2 N–H and O–H groups in total. The number of aryl methyl sites for hydroxylation is 1. The van der Waals surface area contributed by atoms with Crippen molar-refractivity contribution in [3.05, 3.63) is 29.8 Å². The maximum absolute atomic E-state index is 10.7. The number of rotatable bonds is 8. The molecular formula is C13H21NO3S. The van der Waals surface area contributed by atoms with Gasteiger partial charge in [-0.05, 0) is 37.0 Å². The van der Waals surface area contributed by atoms with Crippen molar-refractivity contribution in [2.24, 2.45) is 5.14 Å². The highest BCUT2D eigenvalue weighted by Crippen LogP contribution is 2.13. The minimum atomic E-state index is -3.34. The van der Waals surface area contributed by atoms with Gasteiger partial charge in [-0.3, -0.25) is 0 Å². The molecule has 102 valence electrons. The summed E-state index contributed by atoms with van der Waals surface area (Å²) in [6.45, 7) is 2.67. The molecule has 0 spiro atoms. The Morgan fingerprint density at radius 1 is 1.17 bits per heavy atom. The van der Waals surface area contributed by atoms with Gasteiger partial charge >= 0.3 is 0 Å². The quantitative estimate of drug-likeness (QED) is 0.736. The summed E-state index contributed by atoms with van der Waals surface area (Å²) in [5.74, 6) is 0.844. The van der Waals surface area contributed by atoms with Crippen LogP contribution in [-0.2, 0) is 16.4 Å². The smallest absolute Gasteiger partial charge is 0.209 e. The van der Waals surface area contributed by atoms with Crippen LogP contribution in [0.25, 0.3) is 0 Å². The molecule has 0 unspecified atom stereocenters. The molecule has 0 atom stereocenters. The van der Waals surface area contributed by atoms with Gasteiger partial charge in [0.05, 0.1) is 12.4 Å². The van der Waals surface area contributed by atoms with E-state index < -0.39 is 10.0 Å². The van der Waals surface area contributed by atoms with Crippen molar-refractivity contribution in [2.75, 3.05) is 12.4 Å². The third kappa shape index (κ3) is 6.61. The van der Waals surface area contributed by atoms with Crippen molar-refractivity contribution in [3.8, 4) is 5.75 Å². The number of ether oxygens (including phenoxy) is 1. The molecule has 0 fully saturated rings. The Kier molecular flexibility index (Phi) is 6.15. The molecule has 5 heteroatoms. The highest BCUT2D eigenvalue weighted by Gasteiger charge is 2.01. The van der Waals surface area contributed by atoms with Crippen molar-refractivity contribution in [2.45, 2.75) is 32.6 Å². The van der Waals surface area contributed by atoms with Crippen LogP contribution in [0.1, 0.15) is 31.7 Å². The molecular weight excluding hydrogens is 250 g/mol. The molecule has 18 heavy (non-hydrogen) atoms. The van der Waals surface area contributed by atoms with E-state index >= 15 is 0 Å². The summed E-state index contributed by atoms with van der Waals surface area (Å²) in [5.41, 5.74) is 1.30. The van der Waals surface area contributed by atoms with Crippen LogP contribution in [-0.4, -0.2) is 20.8 Å². The largest absolute Gasteiger partial charge is 0.494 e. The minimum Gasteiger partial charge on any atom is -0.494 e. The van der Waals surface area contributed by atoms with E-state index in [0.29, 0.717) is 19.4 Å². The van der Waals surface area contributed by atoms with E-state index in [-0.39, 0.29) is 5.75 Å². The van der Waals surface area contributed by atoms with Gasteiger partial charge in [0.15, 0.2) is 0 Å². The van der Waals surface area contributed by atoms with Crippen LogP contribution in [0.5, 0.6) is 5.75 Å². The van der Waals surface area contributed by atoms with Crippen molar-refractivity contribution in [1.82, 2.24) is 0 Å². The molecule has 0 radical (unpaired) electrons. The van der Waals surface area contributed by atoms with Crippen LogP contribution < -0.4 is 9.88 Å². The van der Waals surface area contributed by atoms with E-state index in [1.165, 1.54) is 5.56 Å². The molecule has 0 aliphatic heterocycles. The van der Waals surface area contributed by atoms with Gasteiger partial charge in [-0.2, -0.15) is 0 Å². The molecule has 0 heterocycles. The van der Waals surface area contributed by atoms with E-state index in [4.69, 9.17) is 9.88 Å². The lowest BCUT2D eigenvalue weighted by molar-refractivity contribution is 0.309. The van der Waals surface area contributed by atoms with Crippen LogP contribution in [0.4, 0.5) is 0 Å². The Hall–Kier alpha value is -1.07. The molecule has 0 bridgehead atoms. The van der Waals surface area contributed by atoms with Gasteiger partial charge in [0, 0.05) is 0 Å². The first-order valence-corrected chi connectivity index (χ1v) is 7.95. The number of benzene rings is 1.